The quantitative estimate of drug-likeness (QED) is 0.894. The van der Waals surface area contributed by atoms with E-state index >= 15 is 0 Å². The van der Waals surface area contributed by atoms with Crippen molar-refractivity contribution in [2.24, 2.45) is 0 Å². The van der Waals surface area contributed by atoms with Gasteiger partial charge in [0.2, 0.25) is 0 Å². The predicted octanol–water partition coefficient (Wildman–Crippen LogP) is 2.91. The van der Waals surface area contributed by atoms with Gasteiger partial charge in [-0.05, 0) is 24.6 Å². The number of rotatable bonds is 5. The van der Waals surface area contributed by atoms with Gasteiger partial charge in [-0.1, -0.05) is 22.9 Å². The number of halogens is 1. The minimum atomic E-state index is -1.14. The maximum absolute atomic E-state index is 12.1. The van der Waals surface area contributed by atoms with Crippen LogP contribution in [0.25, 0.3) is 0 Å². The van der Waals surface area contributed by atoms with Gasteiger partial charge in [-0.3, -0.25) is 4.79 Å². The Bertz CT molecular complexity index is 727. The van der Waals surface area contributed by atoms with Crippen molar-refractivity contribution in [3.8, 4) is 11.6 Å². The number of hydrogen-bond donors (Lipinski definition) is 1. The van der Waals surface area contributed by atoms with Crippen molar-refractivity contribution in [3.05, 3.63) is 51.0 Å². The third-order valence-corrected chi connectivity index (χ3v) is 3.22. The van der Waals surface area contributed by atoms with Crippen LogP contribution in [0.2, 0.25) is 0 Å². The minimum absolute atomic E-state index is 0.0449. The summed E-state index contributed by atoms with van der Waals surface area (Å²) < 4.78 is 7.48. The number of benzene rings is 1. The summed E-state index contributed by atoms with van der Waals surface area (Å²) >= 11 is 3.20. The molecule has 0 saturated heterocycles. The summed E-state index contributed by atoms with van der Waals surface area (Å²) in [6.45, 7) is 2.49. The van der Waals surface area contributed by atoms with E-state index in [0.29, 0.717) is 11.0 Å². The molecule has 1 aromatic carbocycles. The van der Waals surface area contributed by atoms with Gasteiger partial charge in [0.15, 0.2) is 0 Å². The SMILES string of the molecule is CCCn1ccnc(Oc2ccc(Br)cc2C(=O)O)c1=O. The molecule has 0 unspecified atom stereocenters. The standard InChI is InChI=1S/C14H13BrN2O4/c1-2-6-17-7-5-16-12(13(17)18)21-11-4-3-9(15)8-10(11)14(19)20/h3-5,7-8H,2,6H2,1H3,(H,19,20). The molecule has 0 atom stereocenters. The zero-order valence-corrected chi connectivity index (χ0v) is 12.8. The Labute approximate surface area is 129 Å². The zero-order valence-electron chi connectivity index (χ0n) is 11.2. The Kier molecular flexibility index (Phi) is 4.74. The van der Waals surface area contributed by atoms with Crippen molar-refractivity contribution < 1.29 is 14.6 Å². The molecule has 0 saturated carbocycles. The van der Waals surface area contributed by atoms with Crippen molar-refractivity contribution in [2.75, 3.05) is 0 Å². The van der Waals surface area contributed by atoms with Crippen LogP contribution in [0.15, 0.2) is 39.9 Å². The first-order valence-corrected chi connectivity index (χ1v) is 7.08. The average Bonchev–Trinajstić information content (AvgIpc) is 2.45. The molecule has 0 amide bonds. The summed E-state index contributed by atoms with van der Waals surface area (Å²) in [4.78, 5) is 27.2. The van der Waals surface area contributed by atoms with Gasteiger partial charge in [0.25, 0.3) is 5.88 Å². The first-order chi connectivity index (χ1) is 10.0. The van der Waals surface area contributed by atoms with Gasteiger partial charge in [-0.15, -0.1) is 0 Å². The lowest BCUT2D eigenvalue weighted by Gasteiger charge is -2.09. The van der Waals surface area contributed by atoms with Gasteiger partial charge in [0, 0.05) is 23.4 Å². The normalized spacial score (nSPS) is 10.4. The van der Waals surface area contributed by atoms with Crippen molar-refractivity contribution in [1.29, 1.82) is 0 Å². The molecule has 0 aliphatic heterocycles. The molecule has 0 spiro atoms. The molecule has 2 aromatic rings. The summed E-state index contributed by atoms with van der Waals surface area (Å²) in [5, 5.41) is 9.17. The van der Waals surface area contributed by atoms with Gasteiger partial charge in [0.1, 0.15) is 11.3 Å². The fourth-order valence-corrected chi connectivity index (χ4v) is 2.14. The van der Waals surface area contributed by atoms with Gasteiger partial charge in [0.05, 0.1) is 0 Å². The summed E-state index contributed by atoms with van der Waals surface area (Å²) in [6, 6.07) is 4.52. The number of carbonyl (C=O) groups is 1. The highest BCUT2D eigenvalue weighted by Gasteiger charge is 2.15. The molecule has 7 heteroatoms. The summed E-state index contributed by atoms with van der Waals surface area (Å²) in [7, 11) is 0. The Hall–Kier alpha value is -2.15. The van der Waals surface area contributed by atoms with Crippen LogP contribution >= 0.6 is 15.9 Å². The maximum Gasteiger partial charge on any atom is 0.339 e. The molecule has 2 rings (SSSR count). The molecular formula is C14H13BrN2O4. The van der Waals surface area contributed by atoms with Crippen molar-refractivity contribution in [3.63, 3.8) is 0 Å². The third-order valence-electron chi connectivity index (χ3n) is 2.73. The van der Waals surface area contributed by atoms with Crippen LogP contribution in [0, 0.1) is 0 Å². The van der Waals surface area contributed by atoms with Crippen molar-refractivity contribution >= 4 is 21.9 Å². The van der Waals surface area contributed by atoms with E-state index in [1.54, 1.807) is 12.3 Å². The molecule has 0 aliphatic carbocycles. The predicted molar refractivity (Wildman–Crippen MR) is 80.0 cm³/mol. The number of aromatic carboxylic acids is 1. The first kappa shape index (κ1) is 15.2. The Morgan fingerprint density at radius 2 is 2.24 bits per heavy atom. The highest BCUT2D eigenvalue weighted by atomic mass is 79.9. The topological polar surface area (TPSA) is 81.4 Å². The summed E-state index contributed by atoms with van der Waals surface area (Å²) in [5.74, 6) is -1.21. The number of nitrogens with zero attached hydrogens (tertiary/aromatic N) is 2. The van der Waals surface area contributed by atoms with E-state index in [-0.39, 0.29) is 17.2 Å². The summed E-state index contributed by atoms with van der Waals surface area (Å²) in [6.07, 6.45) is 3.81. The Morgan fingerprint density at radius 1 is 1.48 bits per heavy atom. The van der Waals surface area contributed by atoms with Gasteiger partial charge in [-0.25, -0.2) is 9.78 Å². The van der Waals surface area contributed by atoms with E-state index in [1.807, 2.05) is 6.92 Å². The first-order valence-electron chi connectivity index (χ1n) is 6.29. The van der Waals surface area contributed by atoms with Crippen LogP contribution in [0.5, 0.6) is 11.6 Å². The highest BCUT2D eigenvalue weighted by molar-refractivity contribution is 9.10. The monoisotopic (exact) mass is 352 g/mol. The van der Waals surface area contributed by atoms with Gasteiger partial charge < -0.3 is 14.4 Å². The number of aryl methyl sites for hydroxylation is 1. The zero-order chi connectivity index (χ0) is 15.4. The number of carboxylic acids is 1. The molecular weight excluding hydrogens is 340 g/mol. The Morgan fingerprint density at radius 3 is 2.90 bits per heavy atom. The minimum Gasteiger partial charge on any atom is -0.478 e. The number of hydrogen-bond acceptors (Lipinski definition) is 4. The lowest BCUT2D eigenvalue weighted by Crippen LogP contribution is -2.21. The van der Waals surface area contributed by atoms with Crippen LogP contribution in [0.4, 0.5) is 0 Å². The number of aromatic nitrogens is 2. The number of ether oxygens (including phenoxy) is 1. The van der Waals surface area contributed by atoms with E-state index in [0.717, 1.165) is 6.42 Å². The second-order valence-corrected chi connectivity index (χ2v) is 5.19. The molecule has 110 valence electrons. The molecule has 1 N–H and O–H groups in total. The van der Waals surface area contributed by atoms with Gasteiger partial charge in [-0.2, -0.15) is 0 Å². The molecule has 0 fully saturated rings. The molecule has 1 heterocycles. The fraction of sp³-hybridized carbons (Fsp3) is 0.214. The van der Waals surface area contributed by atoms with E-state index < -0.39 is 11.5 Å². The maximum atomic E-state index is 12.1. The summed E-state index contributed by atoms with van der Waals surface area (Å²) in [5.41, 5.74) is -0.435. The molecule has 6 nitrogen and oxygen atoms in total. The lowest BCUT2D eigenvalue weighted by atomic mass is 10.2. The highest BCUT2D eigenvalue weighted by Crippen LogP contribution is 2.25. The number of carboxylic acid groups (broad SMARTS) is 1. The van der Waals surface area contributed by atoms with Crippen LogP contribution in [-0.4, -0.2) is 20.6 Å². The molecule has 1 aromatic heterocycles. The smallest absolute Gasteiger partial charge is 0.339 e. The molecule has 21 heavy (non-hydrogen) atoms. The van der Waals surface area contributed by atoms with Crippen LogP contribution in [-0.2, 0) is 6.54 Å². The third kappa shape index (κ3) is 3.49. The van der Waals surface area contributed by atoms with Gasteiger partial charge >= 0.3 is 11.5 Å². The molecule has 0 radical (unpaired) electrons. The largest absolute Gasteiger partial charge is 0.478 e. The van der Waals surface area contributed by atoms with Crippen molar-refractivity contribution in [1.82, 2.24) is 9.55 Å². The second kappa shape index (κ2) is 6.53. The Balaban J connectivity index is 2.41. The van der Waals surface area contributed by atoms with Crippen LogP contribution < -0.4 is 10.3 Å². The van der Waals surface area contributed by atoms with Crippen LogP contribution in [0.3, 0.4) is 0 Å². The average molecular weight is 353 g/mol. The molecule has 0 aliphatic rings. The van der Waals surface area contributed by atoms with Crippen LogP contribution in [0.1, 0.15) is 23.7 Å². The van der Waals surface area contributed by atoms with Crippen molar-refractivity contribution in [2.45, 2.75) is 19.9 Å². The molecule has 0 bridgehead atoms. The van der Waals surface area contributed by atoms with E-state index in [9.17, 15) is 14.7 Å². The van der Waals surface area contributed by atoms with E-state index in [4.69, 9.17) is 4.74 Å². The van der Waals surface area contributed by atoms with E-state index in [2.05, 4.69) is 20.9 Å². The second-order valence-electron chi connectivity index (χ2n) is 4.28. The van der Waals surface area contributed by atoms with E-state index in [1.165, 1.54) is 22.9 Å². The lowest BCUT2D eigenvalue weighted by molar-refractivity contribution is 0.0694. The fourth-order valence-electron chi connectivity index (χ4n) is 1.78.